The van der Waals surface area contributed by atoms with Gasteiger partial charge in [0.1, 0.15) is 5.60 Å². The van der Waals surface area contributed by atoms with Crippen molar-refractivity contribution in [2.45, 2.75) is 51.8 Å². The van der Waals surface area contributed by atoms with Gasteiger partial charge in [0, 0.05) is 23.6 Å². The number of nitrogens with one attached hydrogen (secondary N) is 1. The van der Waals surface area contributed by atoms with Crippen LogP contribution < -0.4 is 5.32 Å². The van der Waals surface area contributed by atoms with Crippen LogP contribution in [-0.4, -0.2) is 48.8 Å². The Hall–Kier alpha value is -1.60. The largest absolute Gasteiger partial charge is 0.465 e. The third kappa shape index (κ3) is 6.29. The number of halogens is 1. The fourth-order valence-electron chi connectivity index (χ4n) is 3.03. The average Bonchev–Trinajstić information content (AvgIpc) is 2.52. The van der Waals surface area contributed by atoms with Crippen molar-refractivity contribution in [3.8, 4) is 0 Å². The summed E-state index contributed by atoms with van der Waals surface area (Å²) in [5.41, 5.74) is 0.964. The zero-order valence-electron chi connectivity index (χ0n) is 15.8. The molecule has 1 atom stereocenters. The first-order chi connectivity index (χ1) is 12.2. The molecule has 1 aromatic carbocycles. The van der Waals surface area contributed by atoms with Crippen molar-refractivity contribution < 1.29 is 19.1 Å². The molecule has 0 radical (unpaired) electrons. The van der Waals surface area contributed by atoms with Crippen LogP contribution in [-0.2, 0) is 16.0 Å². The molecular weight excluding hydrogens is 400 g/mol. The molecule has 2 rings (SSSR count). The Kier molecular flexibility index (Phi) is 7.06. The van der Waals surface area contributed by atoms with E-state index in [2.05, 4.69) is 26.1 Å². The molecule has 1 aromatic rings. The number of methoxy groups -OCH3 is 1. The van der Waals surface area contributed by atoms with E-state index in [-0.39, 0.29) is 18.1 Å². The summed E-state index contributed by atoms with van der Waals surface area (Å²) in [5, 5.41) is 2.95. The third-order valence-electron chi connectivity index (χ3n) is 4.09. The zero-order valence-corrected chi connectivity index (χ0v) is 17.4. The second-order valence-electron chi connectivity index (χ2n) is 7.51. The highest BCUT2D eigenvalue weighted by molar-refractivity contribution is 9.10. The van der Waals surface area contributed by atoms with Gasteiger partial charge in [-0.25, -0.2) is 9.59 Å². The number of nitrogens with zero attached hydrogens (tertiary/aromatic N) is 1. The molecule has 26 heavy (non-hydrogen) atoms. The second-order valence-corrected chi connectivity index (χ2v) is 8.43. The number of amides is 1. The minimum Gasteiger partial charge on any atom is -0.465 e. The van der Waals surface area contributed by atoms with E-state index in [1.54, 1.807) is 6.07 Å². The maximum atomic E-state index is 12.0. The standard InChI is InChI=1S/C19H27BrN2O4/c1-19(2,3)26-18(24)21-15-6-5-9-22(12-15)11-13-10-14(20)7-8-16(13)17(23)25-4/h7-8,10,15H,5-6,9,11-12H2,1-4H3,(H,21,24)/t15-/m1/s1. The highest BCUT2D eigenvalue weighted by Crippen LogP contribution is 2.21. The molecule has 1 heterocycles. The fraction of sp³-hybridized carbons (Fsp3) is 0.579. The van der Waals surface area contributed by atoms with Gasteiger partial charge in [-0.3, -0.25) is 4.90 Å². The molecule has 0 aromatic heterocycles. The second kappa shape index (κ2) is 8.86. The molecule has 6 nitrogen and oxygen atoms in total. The number of ether oxygens (including phenoxy) is 2. The van der Waals surface area contributed by atoms with Crippen molar-refractivity contribution in [2.24, 2.45) is 0 Å². The van der Waals surface area contributed by atoms with E-state index >= 15 is 0 Å². The molecule has 1 saturated heterocycles. The maximum Gasteiger partial charge on any atom is 0.407 e. The van der Waals surface area contributed by atoms with Crippen LogP contribution >= 0.6 is 15.9 Å². The summed E-state index contributed by atoms with van der Waals surface area (Å²) in [6.45, 7) is 7.80. The molecule has 1 fully saturated rings. The molecular formula is C19H27BrN2O4. The number of carbonyl (C=O) groups is 2. The first-order valence-electron chi connectivity index (χ1n) is 8.76. The summed E-state index contributed by atoms with van der Waals surface area (Å²) < 4.78 is 11.1. The maximum absolute atomic E-state index is 12.0. The Morgan fingerprint density at radius 1 is 1.35 bits per heavy atom. The highest BCUT2D eigenvalue weighted by Gasteiger charge is 2.25. The topological polar surface area (TPSA) is 67.9 Å². The van der Waals surface area contributed by atoms with Crippen LogP contribution in [0.5, 0.6) is 0 Å². The van der Waals surface area contributed by atoms with Crippen LogP contribution in [0, 0.1) is 0 Å². The normalized spacial score (nSPS) is 18.3. The number of piperidine rings is 1. The lowest BCUT2D eigenvalue weighted by molar-refractivity contribution is 0.0470. The average molecular weight is 427 g/mol. The Morgan fingerprint density at radius 2 is 2.08 bits per heavy atom. The zero-order chi connectivity index (χ0) is 19.3. The van der Waals surface area contributed by atoms with Crippen molar-refractivity contribution >= 4 is 28.0 Å². The van der Waals surface area contributed by atoms with E-state index in [9.17, 15) is 9.59 Å². The van der Waals surface area contributed by atoms with Crippen molar-refractivity contribution in [1.29, 1.82) is 0 Å². The summed E-state index contributed by atoms with van der Waals surface area (Å²) >= 11 is 3.46. The van der Waals surface area contributed by atoms with E-state index in [4.69, 9.17) is 9.47 Å². The first kappa shape index (κ1) is 20.7. The van der Waals surface area contributed by atoms with E-state index in [0.717, 1.165) is 29.4 Å². The number of likely N-dealkylation sites (tertiary alicyclic amines) is 1. The highest BCUT2D eigenvalue weighted by atomic mass is 79.9. The number of hydrogen-bond acceptors (Lipinski definition) is 5. The number of carbonyl (C=O) groups excluding carboxylic acids is 2. The predicted molar refractivity (Wildman–Crippen MR) is 103 cm³/mol. The summed E-state index contributed by atoms with van der Waals surface area (Å²) in [6, 6.07) is 5.58. The SMILES string of the molecule is COC(=O)c1ccc(Br)cc1CN1CCC[C@@H](NC(=O)OC(C)(C)C)C1. The van der Waals surface area contributed by atoms with Gasteiger partial charge >= 0.3 is 12.1 Å². The predicted octanol–water partition coefficient (Wildman–Crippen LogP) is 3.72. The van der Waals surface area contributed by atoms with Gasteiger partial charge in [-0.2, -0.15) is 0 Å². The lowest BCUT2D eigenvalue weighted by Crippen LogP contribution is -2.48. The van der Waals surface area contributed by atoms with E-state index in [1.165, 1.54) is 7.11 Å². The van der Waals surface area contributed by atoms with Gasteiger partial charge in [0.25, 0.3) is 0 Å². The summed E-state index contributed by atoms with van der Waals surface area (Å²) in [7, 11) is 1.38. The number of benzene rings is 1. The Balaban J connectivity index is 2.01. The van der Waals surface area contributed by atoms with E-state index in [0.29, 0.717) is 18.7 Å². The van der Waals surface area contributed by atoms with Crippen molar-refractivity contribution in [2.75, 3.05) is 20.2 Å². The minimum atomic E-state index is -0.510. The number of esters is 1. The molecule has 1 aliphatic heterocycles. The monoisotopic (exact) mass is 426 g/mol. The minimum absolute atomic E-state index is 0.0346. The molecule has 7 heteroatoms. The third-order valence-corrected chi connectivity index (χ3v) is 4.59. The smallest absolute Gasteiger partial charge is 0.407 e. The lowest BCUT2D eigenvalue weighted by Gasteiger charge is -2.33. The number of alkyl carbamates (subject to hydrolysis) is 1. The van der Waals surface area contributed by atoms with Crippen molar-refractivity contribution in [1.82, 2.24) is 10.2 Å². The number of hydrogen-bond donors (Lipinski definition) is 1. The molecule has 0 aliphatic carbocycles. The van der Waals surface area contributed by atoms with Gasteiger partial charge in [-0.1, -0.05) is 15.9 Å². The van der Waals surface area contributed by atoms with Crippen LogP contribution in [0.2, 0.25) is 0 Å². The summed E-state index contributed by atoms with van der Waals surface area (Å²) in [6.07, 6.45) is 1.50. The fourth-order valence-corrected chi connectivity index (χ4v) is 3.44. The quantitative estimate of drug-likeness (QED) is 0.742. The van der Waals surface area contributed by atoms with Gasteiger partial charge in [0.15, 0.2) is 0 Å². The summed E-state index contributed by atoms with van der Waals surface area (Å²) in [5.74, 6) is -0.340. The van der Waals surface area contributed by atoms with Gasteiger partial charge < -0.3 is 14.8 Å². The van der Waals surface area contributed by atoms with Crippen LogP contribution in [0.1, 0.15) is 49.5 Å². The molecule has 144 valence electrons. The van der Waals surface area contributed by atoms with Crippen LogP contribution in [0.4, 0.5) is 4.79 Å². The Bertz CT molecular complexity index is 657. The van der Waals surface area contributed by atoms with E-state index < -0.39 is 5.60 Å². The number of rotatable bonds is 4. The van der Waals surface area contributed by atoms with Crippen LogP contribution in [0.15, 0.2) is 22.7 Å². The molecule has 1 aliphatic rings. The molecule has 0 spiro atoms. The molecule has 1 N–H and O–H groups in total. The van der Waals surface area contributed by atoms with Crippen molar-refractivity contribution in [3.05, 3.63) is 33.8 Å². The van der Waals surface area contributed by atoms with Crippen molar-refractivity contribution in [3.63, 3.8) is 0 Å². The van der Waals surface area contributed by atoms with Gasteiger partial charge in [0.2, 0.25) is 0 Å². The van der Waals surface area contributed by atoms with E-state index in [1.807, 2.05) is 32.9 Å². The Labute approximate surface area is 163 Å². The summed E-state index contributed by atoms with van der Waals surface area (Å²) in [4.78, 5) is 26.2. The molecule has 1 amide bonds. The molecule has 0 saturated carbocycles. The van der Waals surface area contributed by atoms with Gasteiger partial charge in [-0.15, -0.1) is 0 Å². The van der Waals surface area contributed by atoms with Gasteiger partial charge in [0.05, 0.1) is 12.7 Å². The first-order valence-corrected chi connectivity index (χ1v) is 9.56. The van der Waals surface area contributed by atoms with Crippen LogP contribution in [0.3, 0.4) is 0 Å². The Morgan fingerprint density at radius 3 is 2.73 bits per heavy atom. The van der Waals surface area contributed by atoms with Crippen LogP contribution in [0.25, 0.3) is 0 Å². The van der Waals surface area contributed by atoms with Gasteiger partial charge in [-0.05, 0) is 63.9 Å². The molecule has 0 bridgehead atoms. The molecule has 0 unspecified atom stereocenters. The lowest BCUT2D eigenvalue weighted by atomic mass is 10.0.